The molecule has 1 N–H and O–H groups in total. The average Bonchev–Trinajstić information content (AvgIpc) is 2.88. The first kappa shape index (κ1) is 20.5. The molecule has 0 bridgehead atoms. The number of ether oxygens (including phenoxy) is 1. The van der Waals surface area contributed by atoms with Gasteiger partial charge in [0.15, 0.2) is 6.10 Å². The second kappa shape index (κ2) is 8.69. The van der Waals surface area contributed by atoms with E-state index in [-0.39, 0.29) is 10.7 Å². The molecule has 0 saturated carbocycles. The topological polar surface area (TPSA) is 97.0 Å². The number of aryl methyl sites for hydroxylation is 1. The number of nitrogens with zero attached hydrogens (tertiary/aromatic N) is 3. The van der Waals surface area contributed by atoms with Crippen LogP contribution in [0.1, 0.15) is 42.4 Å². The molecule has 0 radical (unpaired) electrons. The molecule has 2 aromatic rings. The van der Waals surface area contributed by atoms with Crippen molar-refractivity contribution in [3.63, 3.8) is 0 Å². The van der Waals surface area contributed by atoms with Gasteiger partial charge in [0.05, 0.1) is 16.9 Å². The zero-order valence-corrected chi connectivity index (χ0v) is 16.4. The van der Waals surface area contributed by atoms with Crippen LogP contribution in [0.15, 0.2) is 24.3 Å². The third kappa shape index (κ3) is 4.86. The third-order valence-corrected chi connectivity index (χ3v) is 4.15. The molecule has 8 heteroatoms. The van der Waals surface area contributed by atoms with E-state index in [1.165, 1.54) is 6.92 Å². The fraction of sp³-hybridized carbons (Fsp3) is 0.368. The minimum atomic E-state index is -1.08. The van der Waals surface area contributed by atoms with Gasteiger partial charge in [0.2, 0.25) is 0 Å². The largest absolute Gasteiger partial charge is 0.449 e. The van der Waals surface area contributed by atoms with Gasteiger partial charge in [0.25, 0.3) is 5.91 Å². The average molecular weight is 389 g/mol. The van der Waals surface area contributed by atoms with Crippen LogP contribution >= 0.6 is 11.6 Å². The van der Waals surface area contributed by atoms with Gasteiger partial charge in [-0.05, 0) is 31.9 Å². The van der Waals surface area contributed by atoms with Crippen LogP contribution < -0.4 is 5.32 Å². The number of anilines is 1. The summed E-state index contributed by atoms with van der Waals surface area (Å²) in [5.74, 6) is -0.964. The number of aromatic nitrogens is 2. The third-order valence-electron chi connectivity index (χ3n) is 3.77. The molecular weight excluding hydrogens is 368 g/mol. The van der Waals surface area contributed by atoms with Crippen LogP contribution in [0.25, 0.3) is 0 Å². The van der Waals surface area contributed by atoms with E-state index < -0.39 is 18.0 Å². The standard InChI is InChI=1S/C19H21ClN4O3/c1-11(2)10-24-17(20)16(12(3)23-24)19(26)27-13(4)18(25)22-15-8-6-5-7-14(15)9-21/h5-8,11,13H,10H2,1-4H3,(H,22,25)/t13-/m0/s1. The number of amides is 1. The van der Waals surface area contributed by atoms with Crippen molar-refractivity contribution in [1.29, 1.82) is 5.26 Å². The summed E-state index contributed by atoms with van der Waals surface area (Å²) in [5.41, 5.74) is 1.26. The minimum absolute atomic E-state index is 0.148. The highest BCUT2D eigenvalue weighted by Crippen LogP contribution is 2.22. The lowest BCUT2D eigenvalue weighted by Gasteiger charge is -2.14. The number of benzene rings is 1. The van der Waals surface area contributed by atoms with Crippen LogP contribution in [0, 0.1) is 24.2 Å². The lowest BCUT2D eigenvalue weighted by Crippen LogP contribution is -2.30. The van der Waals surface area contributed by atoms with Crippen LogP contribution in [-0.2, 0) is 16.1 Å². The van der Waals surface area contributed by atoms with Crippen LogP contribution in [0.2, 0.25) is 5.15 Å². The van der Waals surface area contributed by atoms with E-state index >= 15 is 0 Å². The van der Waals surface area contributed by atoms with Gasteiger partial charge in [-0.3, -0.25) is 9.48 Å². The van der Waals surface area contributed by atoms with Gasteiger partial charge < -0.3 is 10.1 Å². The van der Waals surface area contributed by atoms with Crippen molar-refractivity contribution < 1.29 is 14.3 Å². The molecule has 0 unspecified atom stereocenters. The molecule has 0 saturated heterocycles. The minimum Gasteiger partial charge on any atom is -0.449 e. The van der Waals surface area contributed by atoms with Crippen molar-refractivity contribution in [3.05, 3.63) is 46.2 Å². The van der Waals surface area contributed by atoms with Gasteiger partial charge in [0, 0.05) is 6.54 Å². The second-order valence-electron chi connectivity index (χ2n) is 6.52. The van der Waals surface area contributed by atoms with E-state index in [9.17, 15) is 9.59 Å². The number of carbonyl (C=O) groups is 2. The van der Waals surface area contributed by atoms with Crippen molar-refractivity contribution in [3.8, 4) is 6.07 Å². The van der Waals surface area contributed by atoms with Gasteiger partial charge in [-0.15, -0.1) is 0 Å². The van der Waals surface area contributed by atoms with Gasteiger partial charge in [-0.25, -0.2) is 4.79 Å². The SMILES string of the molecule is Cc1nn(CC(C)C)c(Cl)c1C(=O)O[C@@H](C)C(=O)Nc1ccccc1C#N. The quantitative estimate of drug-likeness (QED) is 0.763. The summed E-state index contributed by atoms with van der Waals surface area (Å²) >= 11 is 6.26. The van der Waals surface area contributed by atoms with Crippen LogP contribution in [0.5, 0.6) is 0 Å². The summed E-state index contributed by atoms with van der Waals surface area (Å²) in [5, 5.41) is 16.1. The maximum Gasteiger partial charge on any atom is 0.343 e. The van der Waals surface area contributed by atoms with Crippen molar-refractivity contribution in [2.45, 2.75) is 40.3 Å². The zero-order valence-electron chi connectivity index (χ0n) is 15.6. The Balaban J connectivity index is 2.10. The Morgan fingerprint density at radius 2 is 2.00 bits per heavy atom. The molecule has 0 spiro atoms. The predicted octanol–water partition coefficient (Wildman–Crippen LogP) is 3.56. The summed E-state index contributed by atoms with van der Waals surface area (Å²) in [7, 11) is 0. The van der Waals surface area contributed by atoms with Crippen molar-refractivity contribution in [2.75, 3.05) is 5.32 Å². The van der Waals surface area contributed by atoms with Gasteiger partial charge in [-0.2, -0.15) is 10.4 Å². The Kier molecular flexibility index (Phi) is 6.59. The predicted molar refractivity (Wildman–Crippen MR) is 101 cm³/mol. The first-order chi connectivity index (χ1) is 12.7. The number of halogens is 1. The number of esters is 1. The molecule has 0 aliphatic heterocycles. The molecule has 7 nitrogen and oxygen atoms in total. The summed E-state index contributed by atoms with van der Waals surface area (Å²) in [6.07, 6.45) is -1.08. The van der Waals surface area contributed by atoms with Crippen LogP contribution in [0.3, 0.4) is 0 Å². The van der Waals surface area contributed by atoms with E-state index in [1.807, 2.05) is 19.9 Å². The highest BCUT2D eigenvalue weighted by molar-refractivity contribution is 6.32. The van der Waals surface area contributed by atoms with Crippen molar-refractivity contribution >= 4 is 29.2 Å². The maximum absolute atomic E-state index is 12.5. The molecule has 1 amide bonds. The Morgan fingerprint density at radius 1 is 1.33 bits per heavy atom. The molecule has 0 fully saturated rings. The summed E-state index contributed by atoms with van der Waals surface area (Å²) < 4.78 is 6.80. The monoisotopic (exact) mass is 388 g/mol. The van der Waals surface area contributed by atoms with Crippen molar-refractivity contribution in [1.82, 2.24) is 9.78 Å². The summed E-state index contributed by atoms with van der Waals surface area (Å²) in [6.45, 7) is 7.69. The molecule has 0 aliphatic rings. The number of hydrogen-bond donors (Lipinski definition) is 1. The number of nitrogens with one attached hydrogen (secondary N) is 1. The number of hydrogen-bond acceptors (Lipinski definition) is 5. The molecule has 142 valence electrons. The van der Waals surface area contributed by atoms with Gasteiger partial charge in [0.1, 0.15) is 16.8 Å². The molecule has 2 rings (SSSR count). The molecule has 1 atom stereocenters. The van der Waals surface area contributed by atoms with E-state index in [0.717, 1.165) is 0 Å². The molecule has 0 aliphatic carbocycles. The number of nitriles is 1. The Morgan fingerprint density at radius 3 is 2.63 bits per heavy atom. The van der Waals surface area contributed by atoms with E-state index in [4.69, 9.17) is 21.6 Å². The zero-order chi connectivity index (χ0) is 20.1. The highest BCUT2D eigenvalue weighted by atomic mass is 35.5. The van der Waals surface area contributed by atoms with E-state index in [1.54, 1.807) is 35.9 Å². The van der Waals surface area contributed by atoms with Gasteiger partial charge >= 0.3 is 5.97 Å². The maximum atomic E-state index is 12.5. The lowest BCUT2D eigenvalue weighted by atomic mass is 10.2. The number of para-hydroxylation sites is 1. The van der Waals surface area contributed by atoms with Crippen LogP contribution in [-0.4, -0.2) is 27.8 Å². The molecule has 1 aromatic carbocycles. The molecule has 27 heavy (non-hydrogen) atoms. The fourth-order valence-corrected chi connectivity index (χ4v) is 2.77. The molecular formula is C19H21ClN4O3. The fourth-order valence-electron chi connectivity index (χ4n) is 2.45. The van der Waals surface area contributed by atoms with Crippen molar-refractivity contribution in [2.24, 2.45) is 5.92 Å². The lowest BCUT2D eigenvalue weighted by molar-refractivity contribution is -0.123. The first-order valence-electron chi connectivity index (χ1n) is 8.48. The molecule has 1 heterocycles. The molecule has 1 aromatic heterocycles. The highest BCUT2D eigenvalue weighted by Gasteiger charge is 2.26. The normalized spacial score (nSPS) is 11.7. The first-order valence-corrected chi connectivity index (χ1v) is 8.86. The Bertz CT molecular complexity index is 899. The van der Waals surface area contributed by atoms with E-state index in [2.05, 4.69) is 10.4 Å². The van der Waals surface area contributed by atoms with Crippen LogP contribution in [0.4, 0.5) is 5.69 Å². The Labute approximate surface area is 162 Å². The number of rotatable bonds is 6. The van der Waals surface area contributed by atoms with E-state index in [0.29, 0.717) is 29.4 Å². The summed E-state index contributed by atoms with van der Waals surface area (Å²) in [4.78, 5) is 24.8. The Hall–Kier alpha value is -2.85. The van der Waals surface area contributed by atoms with Gasteiger partial charge in [-0.1, -0.05) is 37.6 Å². The second-order valence-corrected chi connectivity index (χ2v) is 6.88. The number of carbonyl (C=O) groups excluding carboxylic acids is 2. The summed E-state index contributed by atoms with van der Waals surface area (Å²) in [6, 6.07) is 8.56. The smallest absolute Gasteiger partial charge is 0.343 e.